The molecule has 7 heteroatoms. The molecule has 1 unspecified atom stereocenters. The predicted molar refractivity (Wildman–Crippen MR) is 112 cm³/mol. The zero-order chi connectivity index (χ0) is 19.3. The molecule has 7 nitrogen and oxygen atoms in total. The van der Waals surface area contributed by atoms with Crippen molar-refractivity contribution in [3.63, 3.8) is 0 Å². The molecule has 1 aromatic carbocycles. The SMILES string of the molecule is CCN1CCN(c2ccccc2NC(=O)N2CCCC(c3ccn[nH]3)C2)CC1. The highest BCUT2D eigenvalue weighted by Crippen LogP contribution is 2.29. The van der Waals surface area contributed by atoms with Crippen molar-refractivity contribution >= 4 is 17.4 Å². The van der Waals surface area contributed by atoms with Crippen molar-refractivity contribution in [3.05, 3.63) is 42.2 Å². The summed E-state index contributed by atoms with van der Waals surface area (Å²) < 4.78 is 0. The van der Waals surface area contributed by atoms with Gasteiger partial charge in [-0.25, -0.2) is 4.79 Å². The number of para-hydroxylation sites is 2. The average molecular weight is 383 g/mol. The number of anilines is 2. The van der Waals surface area contributed by atoms with Crippen molar-refractivity contribution in [3.8, 4) is 0 Å². The van der Waals surface area contributed by atoms with Crippen molar-refractivity contribution in [2.24, 2.45) is 0 Å². The van der Waals surface area contributed by atoms with E-state index in [-0.39, 0.29) is 6.03 Å². The maximum atomic E-state index is 13.0. The van der Waals surface area contributed by atoms with Crippen LogP contribution >= 0.6 is 0 Å². The maximum Gasteiger partial charge on any atom is 0.321 e. The topological polar surface area (TPSA) is 67.5 Å². The zero-order valence-corrected chi connectivity index (χ0v) is 16.6. The zero-order valence-electron chi connectivity index (χ0n) is 16.6. The molecule has 2 N–H and O–H groups in total. The van der Waals surface area contributed by atoms with Crippen LogP contribution in [0.4, 0.5) is 16.2 Å². The number of aromatic amines is 1. The summed E-state index contributed by atoms with van der Waals surface area (Å²) in [6.07, 6.45) is 3.88. The minimum absolute atomic E-state index is 0.0103. The van der Waals surface area contributed by atoms with Crippen molar-refractivity contribution < 1.29 is 4.79 Å². The first-order chi connectivity index (χ1) is 13.7. The van der Waals surface area contributed by atoms with Gasteiger partial charge in [0.25, 0.3) is 0 Å². The molecule has 28 heavy (non-hydrogen) atoms. The molecule has 1 atom stereocenters. The van der Waals surface area contributed by atoms with E-state index in [0.29, 0.717) is 5.92 Å². The third kappa shape index (κ3) is 4.14. The van der Waals surface area contributed by atoms with Gasteiger partial charge in [-0.2, -0.15) is 5.10 Å². The quantitative estimate of drug-likeness (QED) is 0.853. The molecule has 0 radical (unpaired) electrons. The molecular weight excluding hydrogens is 352 g/mol. The lowest BCUT2D eigenvalue weighted by atomic mass is 9.95. The number of likely N-dealkylation sites (N-methyl/N-ethyl adjacent to an activating group) is 1. The molecule has 0 bridgehead atoms. The van der Waals surface area contributed by atoms with Crippen LogP contribution in [0.25, 0.3) is 0 Å². The monoisotopic (exact) mass is 382 g/mol. The molecule has 4 rings (SSSR count). The number of amides is 2. The Morgan fingerprint density at radius 3 is 2.75 bits per heavy atom. The molecule has 2 aliphatic rings. The number of benzene rings is 1. The number of carbonyl (C=O) groups is 1. The van der Waals surface area contributed by atoms with Gasteiger partial charge in [-0.1, -0.05) is 19.1 Å². The molecule has 2 aromatic rings. The van der Waals surface area contributed by atoms with E-state index in [1.165, 1.54) is 0 Å². The van der Waals surface area contributed by atoms with E-state index < -0.39 is 0 Å². The van der Waals surface area contributed by atoms with Crippen LogP contribution in [-0.4, -0.2) is 71.8 Å². The molecule has 3 heterocycles. The van der Waals surface area contributed by atoms with Gasteiger partial charge in [0, 0.05) is 57.1 Å². The van der Waals surface area contributed by atoms with E-state index in [0.717, 1.165) is 75.7 Å². The average Bonchev–Trinajstić information content (AvgIpc) is 3.29. The number of hydrogen-bond acceptors (Lipinski definition) is 4. The van der Waals surface area contributed by atoms with Gasteiger partial charge in [0.2, 0.25) is 0 Å². The summed E-state index contributed by atoms with van der Waals surface area (Å²) in [6, 6.07) is 10.2. The summed E-state index contributed by atoms with van der Waals surface area (Å²) >= 11 is 0. The molecule has 0 spiro atoms. The second-order valence-corrected chi connectivity index (χ2v) is 7.67. The van der Waals surface area contributed by atoms with Gasteiger partial charge in [-0.05, 0) is 37.6 Å². The van der Waals surface area contributed by atoms with Crippen molar-refractivity contribution in [2.45, 2.75) is 25.7 Å². The van der Waals surface area contributed by atoms with E-state index in [9.17, 15) is 4.79 Å². The lowest BCUT2D eigenvalue weighted by Crippen LogP contribution is -2.46. The van der Waals surface area contributed by atoms with Gasteiger partial charge in [-0.15, -0.1) is 0 Å². The number of piperazine rings is 1. The van der Waals surface area contributed by atoms with Gasteiger partial charge in [0.05, 0.1) is 11.4 Å². The number of likely N-dealkylation sites (tertiary alicyclic amines) is 1. The van der Waals surface area contributed by atoms with Gasteiger partial charge in [-0.3, -0.25) is 5.10 Å². The number of rotatable bonds is 4. The van der Waals surface area contributed by atoms with Crippen LogP contribution in [0, 0.1) is 0 Å². The molecular formula is C21H30N6O. The van der Waals surface area contributed by atoms with Crippen LogP contribution in [0.2, 0.25) is 0 Å². The Morgan fingerprint density at radius 2 is 2.00 bits per heavy atom. The normalized spacial score (nSPS) is 21.0. The number of urea groups is 1. The number of carbonyl (C=O) groups excluding carboxylic acids is 1. The first-order valence-corrected chi connectivity index (χ1v) is 10.4. The molecule has 2 aliphatic heterocycles. The van der Waals surface area contributed by atoms with Crippen molar-refractivity contribution in [2.75, 3.05) is 56.0 Å². The van der Waals surface area contributed by atoms with Crippen LogP contribution in [-0.2, 0) is 0 Å². The molecule has 2 amide bonds. The lowest BCUT2D eigenvalue weighted by molar-refractivity contribution is 0.192. The highest BCUT2D eigenvalue weighted by Gasteiger charge is 2.26. The number of nitrogens with zero attached hydrogens (tertiary/aromatic N) is 4. The predicted octanol–water partition coefficient (Wildman–Crippen LogP) is 2.96. The largest absolute Gasteiger partial charge is 0.367 e. The maximum absolute atomic E-state index is 13.0. The fraction of sp³-hybridized carbons (Fsp3) is 0.524. The van der Waals surface area contributed by atoms with Crippen molar-refractivity contribution in [1.29, 1.82) is 0 Å². The van der Waals surface area contributed by atoms with Crippen LogP contribution in [0.3, 0.4) is 0 Å². The highest BCUT2D eigenvalue weighted by atomic mass is 16.2. The second kappa shape index (κ2) is 8.65. The Labute approximate surface area is 166 Å². The molecule has 2 saturated heterocycles. The number of H-pyrrole nitrogens is 1. The minimum atomic E-state index is -0.0103. The Kier molecular flexibility index (Phi) is 5.81. The molecule has 0 saturated carbocycles. The van der Waals surface area contributed by atoms with Gasteiger partial charge >= 0.3 is 6.03 Å². The molecule has 1 aromatic heterocycles. The Morgan fingerprint density at radius 1 is 1.18 bits per heavy atom. The summed E-state index contributed by atoms with van der Waals surface area (Å²) in [5.41, 5.74) is 3.14. The van der Waals surface area contributed by atoms with E-state index in [4.69, 9.17) is 0 Å². The van der Waals surface area contributed by atoms with Gasteiger partial charge in [0.1, 0.15) is 0 Å². The first kappa shape index (κ1) is 18.8. The highest BCUT2D eigenvalue weighted by molar-refractivity contribution is 5.93. The van der Waals surface area contributed by atoms with E-state index >= 15 is 0 Å². The fourth-order valence-corrected chi connectivity index (χ4v) is 4.26. The van der Waals surface area contributed by atoms with E-state index in [1.807, 2.05) is 29.2 Å². The van der Waals surface area contributed by atoms with Crippen molar-refractivity contribution in [1.82, 2.24) is 20.0 Å². The molecule has 2 fully saturated rings. The summed E-state index contributed by atoms with van der Waals surface area (Å²) in [4.78, 5) is 19.7. The Hall–Kier alpha value is -2.54. The van der Waals surface area contributed by atoms with Crippen LogP contribution < -0.4 is 10.2 Å². The van der Waals surface area contributed by atoms with E-state index in [2.05, 4.69) is 38.3 Å². The smallest absolute Gasteiger partial charge is 0.321 e. The van der Waals surface area contributed by atoms with E-state index in [1.54, 1.807) is 6.20 Å². The Bertz CT molecular complexity index is 769. The van der Waals surface area contributed by atoms with Gasteiger partial charge < -0.3 is 20.0 Å². The van der Waals surface area contributed by atoms with Crippen LogP contribution in [0.1, 0.15) is 31.4 Å². The lowest BCUT2D eigenvalue weighted by Gasteiger charge is -2.37. The molecule has 0 aliphatic carbocycles. The van der Waals surface area contributed by atoms with Crippen LogP contribution in [0.5, 0.6) is 0 Å². The first-order valence-electron chi connectivity index (χ1n) is 10.4. The fourth-order valence-electron chi connectivity index (χ4n) is 4.26. The van der Waals surface area contributed by atoms with Gasteiger partial charge in [0.15, 0.2) is 0 Å². The number of nitrogens with one attached hydrogen (secondary N) is 2. The Balaban J connectivity index is 1.42. The summed E-state index contributed by atoms with van der Waals surface area (Å²) in [5, 5.41) is 10.3. The number of piperidine rings is 1. The second-order valence-electron chi connectivity index (χ2n) is 7.67. The summed E-state index contributed by atoms with van der Waals surface area (Å²) in [6.45, 7) is 8.95. The third-order valence-electron chi connectivity index (χ3n) is 5.98. The number of aromatic nitrogens is 2. The molecule has 150 valence electrons. The standard InChI is InChI=1S/C21H30N6O/c1-2-25-12-14-26(15-13-25)20-8-4-3-7-19(20)23-21(28)27-11-5-6-17(16-27)18-9-10-22-24-18/h3-4,7-10,17H,2,5-6,11-16H2,1H3,(H,22,24)(H,23,28). The van der Waals surface area contributed by atoms with Crippen LogP contribution in [0.15, 0.2) is 36.5 Å². The summed E-state index contributed by atoms with van der Waals surface area (Å²) in [5.74, 6) is 0.333. The number of hydrogen-bond donors (Lipinski definition) is 2. The summed E-state index contributed by atoms with van der Waals surface area (Å²) in [7, 11) is 0. The minimum Gasteiger partial charge on any atom is -0.367 e. The third-order valence-corrected chi connectivity index (χ3v) is 5.98.